The lowest BCUT2D eigenvalue weighted by molar-refractivity contribution is -0.136. The predicted molar refractivity (Wildman–Crippen MR) is 90.5 cm³/mol. The van der Waals surface area contributed by atoms with E-state index < -0.39 is 11.8 Å². The number of carbonyl (C=O) groups is 2. The maximum Gasteiger partial charge on any atom is 0.313 e. The molecule has 4 nitrogen and oxygen atoms in total. The molecular formula is C17H17BrN2O2. The largest absolute Gasteiger partial charge is 0.341 e. The number of halogens is 1. The predicted octanol–water partition coefficient (Wildman–Crippen LogP) is 3.57. The minimum Gasteiger partial charge on any atom is -0.341 e. The number of aryl methyl sites for hydroxylation is 1. The van der Waals surface area contributed by atoms with Crippen molar-refractivity contribution in [2.45, 2.75) is 19.9 Å². The third-order valence-electron chi connectivity index (χ3n) is 3.23. The molecule has 0 spiro atoms. The van der Waals surface area contributed by atoms with Crippen molar-refractivity contribution in [3.63, 3.8) is 0 Å². The Morgan fingerprint density at radius 2 is 1.73 bits per heavy atom. The van der Waals surface area contributed by atoms with Crippen LogP contribution in [0.1, 0.15) is 24.1 Å². The van der Waals surface area contributed by atoms with Crippen molar-refractivity contribution in [3.8, 4) is 0 Å². The molecule has 0 aliphatic carbocycles. The normalized spacial score (nSPS) is 11.6. The van der Waals surface area contributed by atoms with Crippen molar-refractivity contribution >= 4 is 33.4 Å². The van der Waals surface area contributed by atoms with Gasteiger partial charge in [0.25, 0.3) is 0 Å². The van der Waals surface area contributed by atoms with Crippen molar-refractivity contribution in [2.75, 3.05) is 5.32 Å². The fourth-order valence-corrected chi connectivity index (χ4v) is 2.58. The fourth-order valence-electron chi connectivity index (χ4n) is 1.99. The van der Waals surface area contributed by atoms with E-state index in [-0.39, 0.29) is 6.04 Å². The standard InChI is InChI=1S/C17H17BrN2O2/c1-11-8-9-15(14(18)10-11)20-17(22)16(21)19-12(2)13-6-4-3-5-7-13/h3-10,12H,1-2H3,(H,19,21)(H,20,22)/t12-/m0/s1. The van der Waals surface area contributed by atoms with Crippen molar-refractivity contribution in [2.24, 2.45) is 0 Å². The third-order valence-corrected chi connectivity index (χ3v) is 3.88. The van der Waals surface area contributed by atoms with Crippen molar-refractivity contribution in [1.82, 2.24) is 5.32 Å². The summed E-state index contributed by atoms with van der Waals surface area (Å²) in [5.74, 6) is -1.35. The number of anilines is 1. The molecule has 0 unspecified atom stereocenters. The molecule has 2 rings (SSSR count). The van der Waals surface area contributed by atoms with E-state index in [2.05, 4.69) is 26.6 Å². The fraction of sp³-hybridized carbons (Fsp3) is 0.176. The monoisotopic (exact) mass is 360 g/mol. The summed E-state index contributed by atoms with van der Waals surface area (Å²) in [5.41, 5.74) is 2.57. The van der Waals surface area contributed by atoms with E-state index >= 15 is 0 Å². The second-order valence-electron chi connectivity index (χ2n) is 5.04. The molecule has 0 aliphatic heterocycles. The Hall–Kier alpha value is -2.14. The molecule has 0 radical (unpaired) electrons. The zero-order valence-corrected chi connectivity index (χ0v) is 14.0. The lowest BCUT2D eigenvalue weighted by atomic mass is 10.1. The van der Waals surface area contributed by atoms with Crippen LogP contribution in [0.5, 0.6) is 0 Å². The molecule has 114 valence electrons. The summed E-state index contributed by atoms with van der Waals surface area (Å²) < 4.78 is 0.741. The van der Waals surface area contributed by atoms with Gasteiger partial charge in [0.1, 0.15) is 0 Å². The molecular weight excluding hydrogens is 344 g/mol. The van der Waals surface area contributed by atoms with Gasteiger partial charge >= 0.3 is 11.8 Å². The Kier molecular flexibility index (Phi) is 5.33. The first-order chi connectivity index (χ1) is 10.5. The summed E-state index contributed by atoms with van der Waals surface area (Å²) in [6.45, 7) is 3.78. The summed E-state index contributed by atoms with van der Waals surface area (Å²) in [4.78, 5) is 23.9. The number of carbonyl (C=O) groups excluding carboxylic acids is 2. The van der Waals surface area contributed by atoms with Gasteiger partial charge in [-0.1, -0.05) is 36.4 Å². The average molecular weight is 361 g/mol. The minimum atomic E-state index is -0.688. The first-order valence-electron chi connectivity index (χ1n) is 6.90. The van der Waals surface area contributed by atoms with Crippen LogP contribution in [0.2, 0.25) is 0 Å². The van der Waals surface area contributed by atoms with Gasteiger partial charge in [0.05, 0.1) is 11.7 Å². The van der Waals surface area contributed by atoms with Crippen LogP contribution in [-0.2, 0) is 9.59 Å². The summed E-state index contributed by atoms with van der Waals surface area (Å²) in [6.07, 6.45) is 0. The van der Waals surface area contributed by atoms with Crippen molar-refractivity contribution in [1.29, 1.82) is 0 Å². The van der Waals surface area contributed by atoms with Gasteiger partial charge in [0.2, 0.25) is 0 Å². The summed E-state index contributed by atoms with van der Waals surface area (Å²) >= 11 is 3.37. The van der Waals surface area contributed by atoms with Crippen LogP contribution >= 0.6 is 15.9 Å². The van der Waals surface area contributed by atoms with Crippen molar-refractivity contribution in [3.05, 3.63) is 64.1 Å². The van der Waals surface area contributed by atoms with Gasteiger partial charge in [0.15, 0.2) is 0 Å². The van der Waals surface area contributed by atoms with Crippen LogP contribution in [0.4, 0.5) is 5.69 Å². The second kappa shape index (κ2) is 7.22. The molecule has 2 aromatic carbocycles. The highest BCUT2D eigenvalue weighted by Crippen LogP contribution is 2.23. The molecule has 0 heterocycles. The number of hydrogen-bond donors (Lipinski definition) is 2. The van der Waals surface area contributed by atoms with Crippen LogP contribution in [0.3, 0.4) is 0 Å². The maximum atomic E-state index is 12.0. The number of hydrogen-bond acceptors (Lipinski definition) is 2. The smallest absolute Gasteiger partial charge is 0.313 e. The van der Waals surface area contributed by atoms with Gasteiger partial charge in [-0.2, -0.15) is 0 Å². The number of benzene rings is 2. The molecule has 22 heavy (non-hydrogen) atoms. The molecule has 5 heteroatoms. The van der Waals surface area contributed by atoms with E-state index in [0.29, 0.717) is 5.69 Å². The summed E-state index contributed by atoms with van der Waals surface area (Å²) in [6, 6.07) is 14.7. The Morgan fingerprint density at radius 1 is 1.05 bits per heavy atom. The number of amides is 2. The van der Waals surface area contributed by atoms with E-state index in [0.717, 1.165) is 15.6 Å². The van der Waals surface area contributed by atoms with Crippen molar-refractivity contribution < 1.29 is 9.59 Å². The Morgan fingerprint density at radius 3 is 2.36 bits per heavy atom. The van der Waals surface area contributed by atoms with Gasteiger partial charge in [-0.25, -0.2) is 0 Å². The van der Waals surface area contributed by atoms with Crippen LogP contribution in [-0.4, -0.2) is 11.8 Å². The lowest BCUT2D eigenvalue weighted by Crippen LogP contribution is -2.36. The summed E-state index contributed by atoms with van der Waals surface area (Å²) in [5, 5.41) is 5.28. The summed E-state index contributed by atoms with van der Waals surface area (Å²) in [7, 11) is 0. The highest BCUT2D eigenvalue weighted by Gasteiger charge is 2.17. The van der Waals surface area contributed by atoms with Gasteiger partial charge in [-0.15, -0.1) is 0 Å². The molecule has 0 aliphatic rings. The van der Waals surface area contributed by atoms with E-state index in [1.54, 1.807) is 6.07 Å². The van der Waals surface area contributed by atoms with Gasteiger partial charge in [0, 0.05) is 4.47 Å². The Bertz CT molecular complexity index is 686. The molecule has 0 fully saturated rings. The minimum absolute atomic E-state index is 0.235. The van der Waals surface area contributed by atoms with E-state index in [1.807, 2.05) is 56.3 Å². The highest BCUT2D eigenvalue weighted by atomic mass is 79.9. The first-order valence-corrected chi connectivity index (χ1v) is 7.69. The number of rotatable bonds is 3. The van der Waals surface area contributed by atoms with Gasteiger partial charge < -0.3 is 10.6 Å². The van der Waals surface area contributed by atoms with Gasteiger partial charge in [-0.3, -0.25) is 9.59 Å². The second-order valence-corrected chi connectivity index (χ2v) is 5.90. The van der Waals surface area contributed by atoms with E-state index in [1.165, 1.54) is 0 Å². The Labute approximate surface area is 138 Å². The molecule has 2 amide bonds. The molecule has 1 atom stereocenters. The molecule has 0 bridgehead atoms. The lowest BCUT2D eigenvalue weighted by Gasteiger charge is -2.14. The third kappa shape index (κ3) is 4.18. The molecule has 2 aromatic rings. The van der Waals surface area contributed by atoms with Crippen LogP contribution in [0.25, 0.3) is 0 Å². The number of nitrogens with one attached hydrogen (secondary N) is 2. The van der Waals surface area contributed by atoms with Gasteiger partial charge in [-0.05, 0) is 53.0 Å². The zero-order valence-electron chi connectivity index (χ0n) is 12.4. The quantitative estimate of drug-likeness (QED) is 0.822. The van der Waals surface area contributed by atoms with Crippen LogP contribution < -0.4 is 10.6 Å². The van der Waals surface area contributed by atoms with Crippen LogP contribution in [0, 0.1) is 6.92 Å². The van der Waals surface area contributed by atoms with Crippen LogP contribution in [0.15, 0.2) is 53.0 Å². The SMILES string of the molecule is Cc1ccc(NC(=O)C(=O)N[C@@H](C)c2ccccc2)c(Br)c1. The van der Waals surface area contributed by atoms with E-state index in [4.69, 9.17) is 0 Å². The Balaban J connectivity index is 1.99. The molecule has 0 saturated heterocycles. The maximum absolute atomic E-state index is 12.0. The average Bonchev–Trinajstić information content (AvgIpc) is 2.50. The molecule has 0 saturated carbocycles. The molecule has 2 N–H and O–H groups in total. The molecule has 0 aromatic heterocycles. The zero-order chi connectivity index (χ0) is 16.1. The van der Waals surface area contributed by atoms with E-state index in [9.17, 15) is 9.59 Å². The highest BCUT2D eigenvalue weighted by molar-refractivity contribution is 9.10. The topological polar surface area (TPSA) is 58.2 Å². The first kappa shape index (κ1) is 16.2.